The summed E-state index contributed by atoms with van der Waals surface area (Å²) in [5, 5.41) is 0. The number of halogens is 1. The van der Waals surface area contributed by atoms with Gasteiger partial charge in [-0.25, -0.2) is 0 Å². The second-order valence-electron chi connectivity index (χ2n) is 5.36. The van der Waals surface area contributed by atoms with Gasteiger partial charge in [0, 0.05) is 25.7 Å². The van der Waals surface area contributed by atoms with E-state index in [1.54, 1.807) is 0 Å². The SMILES string of the molecule is CCN(CCN=C(N)N1CCCCCC1)C(C)C.I. The third kappa shape index (κ3) is 7.34. The molecule has 0 saturated carbocycles. The highest BCUT2D eigenvalue weighted by Gasteiger charge is 2.11. The lowest BCUT2D eigenvalue weighted by Gasteiger charge is -2.25. The van der Waals surface area contributed by atoms with E-state index >= 15 is 0 Å². The summed E-state index contributed by atoms with van der Waals surface area (Å²) in [5.41, 5.74) is 6.08. The third-order valence-electron chi connectivity index (χ3n) is 3.73. The van der Waals surface area contributed by atoms with Gasteiger partial charge in [-0.15, -0.1) is 24.0 Å². The highest BCUT2D eigenvalue weighted by atomic mass is 127. The van der Waals surface area contributed by atoms with Crippen molar-refractivity contribution in [3.63, 3.8) is 0 Å². The molecule has 0 amide bonds. The maximum Gasteiger partial charge on any atom is 0.191 e. The van der Waals surface area contributed by atoms with Crippen LogP contribution in [0.4, 0.5) is 0 Å². The first kappa shape index (κ1) is 19.0. The van der Waals surface area contributed by atoms with E-state index in [1.807, 2.05) is 0 Å². The Morgan fingerprint density at radius 1 is 1.21 bits per heavy atom. The third-order valence-corrected chi connectivity index (χ3v) is 3.73. The molecule has 1 aliphatic rings. The molecule has 114 valence electrons. The molecule has 0 aromatic carbocycles. The van der Waals surface area contributed by atoms with Crippen LogP contribution in [0, 0.1) is 0 Å². The summed E-state index contributed by atoms with van der Waals surface area (Å²) in [6.07, 6.45) is 5.17. The molecule has 19 heavy (non-hydrogen) atoms. The standard InChI is InChI=1S/C14H30N4.HI/c1-4-17(13(2)3)12-9-16-14(15)18-10-7-5-6-8-11-18;/h13H,4-12H2,1-3H3,(H2,15,16);1H. The molecule has 0 aromatic rings. The molecule has 0 bridgehead atoms. The molecule has 1 saturated heterocycles. The van der Waals surface area contributed by atoms with Gasteiger partial charge in [0.25, 0.3) is 0 Å². The molecule has 1 rings (SSSR count). The second kappa shape index (κ2) is 10.7. The Balaban J connectivity index is 0.00000324. The quantitative estimate of drug-likeness (QED) is 0.452. The van der Waals surface area contributed by atoms with E-state index in [2.05, 4.69) is 35.6 Å². The molecule has 1 aliphatic heterocycles. The van der Waals surface area contributed by atoms with Crippen LogP contribution in [0.15, 0.2) is 4.99 Å². The highest BCUT2D eigenvalue weighted by Crippen LogP contribution is 2.09. The molecule has 0 aromatic heterocycles. The van der Waals surface area contributed by atoms with Crippen molar-refractivity contribution in [2.45, 2.75) is 52.5 Å². The van der Waals surface area contributed by atoms with Gasteiger partial charge in [0.15, 0.2) is 5.96 Å². The number of aliphatic imine (C=N–C) groups is 1. The number of hydrogen-bond acceptors (Lipinski definition) is 2. The average molecular weight is 382 g/mol. The first-order valence-corrected chi connectivity index (χ1v) is 7.44. The van der Waals surface area contributed by atoms with Crippen LogP contribution in [0.3, 0.4) is 0 Å². The molecular formula is C14H31IN4. The Morgan fingerprint density at radius 3 is 2.26 bits per heavy atom. The Morgan fingerprint density at radius 2 is 1.79 bits per heavy atom. The number of rotatable bonds is 5. The van der Waals surface area contributed by atoms with Crippen molar-refractivity contribution in [2.75, 3.05) is 32.7 Å². The molecular weight excluding hydrogens is 351 g/mol. The van der Waals surface area contributed by atoms with Gasteiger partial charge in [-0.05, 0) is 33.2 Å². The van der Waals surface area contributed by atoms with Crippen LogP contribution in [0.2, 0.25) is 0 Å². The zero-order valence-corrected chi connectivity index (χ0v) is 15.1. The van der Waals surface area contributed by atoms with Crippen molar-refractivity contribution in [2.24, 2.45) is 10.7 Å². The van der Waals surface area contributed by atoms with Gasteiger partial charge in [0.2, 0.25) is 0 Å². The number of guanidine groups is 1. The summed E-state index contributed by atoms with van der Waals surface area (Å²) in [6, 6.07) is 0.588. The normalized spacial score (nSPS) is 17.5. The predicted octanol–water partition coefficient (Wildman–Crippen LogP) is 2.53. The van der Waals surface area contributed by atoms with Crippen LogP contribution in [-0.4, -0.2) is 54.5 Å². The van der Waals surface area contributed by atoms with Gasteiger partial charge < -0.3 is 10.6 Å². The number of nitrogens with two attached hydrogens (primary N) is 1. The topological polar surface area (TPSA) is 44.9 Å². The fourth-order valence-electron chi connectivity index (χ4n) is 2.47. The van der Waals surface area contributed by atoms with Crippen LogP contribution in [0.1, 0.15) is 46.5 Å². The molecule has 1 heterocycles. The fourth-order valence-corrected chi connectivity index (χ4v) is 2.47. The van der Waals surface area contributed by atoms with Crippen LogP contribution < -0.4 is 5.73 Å². The summed E-state index contributed by atoms with van der Waals surface area (Å²) in [5.74, 6) is 0.747. The highest BCUT2D eigenvalue weighted by molar-refractivity contribution is 14.0. The lowest BCUT2D eigenvalue weighted by molar-refractivity contribution is 0.240. The number of nitrogens with zero attached hydrogens (tertiary/aromatic N) is 3. The molecule has 1 fully saturated rings. The minimum Gasteiger partial charge on any atom is -0.370 e. The van der Waals surface area contributed by atoms with Gasteiger partial charge >= 0.3 is 0 Å². The fraction of sp³-hybridized carbons (Fsp3) is 0.929. The maximum atomic E-state index is 6.08. The van der Waals surface area contributed by atoms with Crippen molar-refractivity contribution in [3.05, 3.63) is 0 Å². The summed E-state index contributed by atoms with van der Waals surface area (Å²) in [4.78, 5) is 9.20. The zero-order chi connectivity index (χ0) is 13.4. The molecule has 0 spiro atoms. The van der Waals surface area contributed by atoms with E-state index in [0.29, 0.717) is 6.04 Å². The van der Waals surface area contributed by atoms with Crippen molar-refractivity contribution in [1.29, 1.82) is 0 Å². The Bertz CT molecular complexity index is 248. The Kier molecular flexibility index (Phi) is 10.7. The van der Waals surface area contributed by atoms with E-state index in [1.165, 1.54) is 25.7 Å². The monoisotopic (exact) mass is 382 g/mol. The Hall–Kier alpha value is -0.0400. The molecule has 0 atom stereocenters. The van der Waals surface area contributed by atoms with Gasteiger partial charge in [0.05, 0.1) is 6.54 Å². The largest absolute Gasteiger partial charge is 0.370 e. The van der Waals surface area contributed by atoms with E-state index in [9.17, 15) is 0 Å². The van der Waals surface area contributed by atoms with Crippen LogP contribution >= 0.6 is 24.0 Å². The first-order valence-electron chi connectivity index (χ1n) is 7.44. The van der Waals surface area contributed by atoms with Gasteiger partial charge in [-0.1, -0.05) is 19.8 Å². The van der Waals surface area contributed by atoms with Crippen molar-refractivity contribution in [3.8, 4) is 0 Å². The minimum absolute atomic E-state index is 0. The first-order chi connectivity index (χ1) is 8.65. The summed E-state index contributed by atoms with van der Waals surface area (Å²) in [6.45, 7) is 11.7. The predicted molar refractivity (Wildman–Crippen MR) is 94.3 cm³/mol. The summed E-state index contributed by atoms with van der Waals surface area (Å²) >= 11 is 0. The van der Waals surface area contributed by atoms with Crippen molar-refractivity contribution < 1.29 is 0 Å². The summed E-state index contributed by atoms with van der Waals surface area (Å²) in [7, 11) is 0. The van der Waals surface area contributed by atoms with Crippen molar-refractivity contribution in [1.82, 2.24) is 9.80 Å². The summed E-state index contributed by atoms with van der Waals surface area (Å²) < 4.78 is 0. The van der Waals surface area contributed by atoms with E-state index < -0.39 is 0 Å². The van der Waals surface area contributed by atoms with Crippen LogP contribution in [0.5, 0.6) is 0 Å². The lowest BCUT2D eigenvalue weighted by atomic mass is 10.2. The molecule has 0 unspecified atom stereocenters. The molecule has 0 radical (unpaired) electrons. The number of likely N-dealkylation sites (tertiary alicyclic amines) is 1. The molecule has 4 nitrogen and oxygen atoms in total. The van der Waals surface area contributed by atoms with Gasteiger partial charge in [-0.3, -0.25) is 9.89 Å². The smallest absolute Gasteiger partial charge is 0.191 e. The Labute approximate surface area is 135 Å². The minimum atomic E-state index is 0. The maximum absolute atomic E-state index is 6.08. The van der Waals surface area contributed by atoms with E-state index in [4.69, 9.17) is 5.73 Å². The van der Waals surface area contributed by atoms with E-state index in [0.717, 1.165) is 38.7 Å². The van der Waals surface area contributed by atoms with Crippen LogP contribution in [-0.2, 0) is 0 Å². The van der Waals surface area contributed by atoms with Crippen molar-refractivity contribution >= 4 is 29.9 Å². The zero-order valence-electron chi connectivity index (χ0n) is 12.8. The average Bonchev–Trinajstić information content (AvgIpc) is 2.62. The molecule has 0 aliphatic carbocycles. The molecule has 5 heteroatoms. The number of likely N-dealkylation sites (N-methyl/N-ethyl adjacent to an activating group) is 1. The second-order valence-corrected chi connectivity index (χ2v) is 5.36. The lowest BCUT2D eigenvalue weighted by Crippen LogP contribution is -2.39. The number of hydrogen-bond donors (Lipinski definition) is 1. The van der Waals surface area contributed by atoms with Crippen LogP contribution in [0.25, 0.3) is 0 Å². The molecule has 2 N–H and O–H groups in total. The van der Waals surface area contributed by atoms with E-state index in [-0.39, 0.29) is 24.0 Å². The van der Waals surface area contributed by atoms with Gasteiger partial charge in [-0.2, -0.15) is 0 Å². The van der Waals surface area contributed by atoms with Gasteiger partial charge in [0.1, 0.15) is 0 Å².